The van der Waals surface area contributed by atoms with Crippen molar-refractivity contribution in [3.63, 3.8) is 0 Å². The van der Waals surface area contributed by atoms with Crippen molar-refractivity contribution in [2.24, 2.45) is 0 Å². The number of thiol groups is 1. The third-order valence-corrected chi connectivity index (χ3v) is 2.69. The summed E-state index contributed by atoms with van der Waals surface area (Å²) < 4.78 is 0. The van der Waals surface area contributed by atoms with Crippen molar-refractivity contribution in [3.8, 4) is 0 Å². The summed E-state index contributed by atoms with van der Waals surface area (Å²) in [6, 6.07) is 0.114. The van der Waals surface area contributed by atoms with Gasteiger partial charge in [0.25, 0.3) is 0 Å². The molecule has 1 atom stereocenters. The summed E-state index contributed by atoms with van der Waals surface area (Å²) in [4.78, 5) is 15.0. The molecule has 2 amide bonds. The summed E-state index contributed by atoms with van der Waals surface area (Å²) in [5.74, 6) is 0. The lowest BCUT2D eigenvalue weighted by molar-refractivity contribution is 0.194. The minimum absolute atomic E-state index is 0.104. The van der Waals surface area contributed by atoms with Gasteiger partial charge in [0, 0.05) is 20.1 Å². The van der Waals surface area contributed by atoms with Crippen molar-refractivity contribution >= 4 is 18.7 Å². The van der Waals surface area contributed by atoms with Crippen LogP contribution >= 0.6 is 12.6 Å². The van der Waals surface area contributed by atoms with Crippen molar-refractivity contribution in [1.29, 1.82) is 0 Å². The molecule has 1 unspecified atom stereocenters. The Morgan fingerprint density at radius 2 is 2.25 bits per heavy atom. The van der Waals surface area contributed by atoms with Crippen molar-refractivity contribution in [2.45, 2.75) is 25.1 Å². The summed E-state index contributed by atoms with van der Waals surface area (Å²) in [5, 5.41) is 0.104. The minimum atomic E-state index is 0.104. The van der Waals surface area contributed by atoms with E-state index in [1.807, 2.05) is 11.9 Å². The highest BCUT2D eigenvalue weighted by Crippen LogP contribution is 2.16. The summed E-state index contributed by atoms with van der Waals surface area (Å²) >= 11 is 4.38. The van der Waals surface area contributed by atoms with E-state index in [9.17, 15) is 4.79 Å². The molecule has 1 saturated heterocycles. The lowest BCUT2D eigenvalue weighted by Crippen LogP contribution is -2.35. The SMILES string of the molecule is CCCC(S)N1CCN(C)C1=O. The van der Waals surface area contributed by atoms with Gasteiger partial charge >= 0.3 is 6.03 Å². The third-order valence-electron chi connectivity index (χ3n) is 2.16. The van der Waals surface area contributed by atoms with Gasteiger partial charge < -0.3 is 9.80 Å². The number of rotatable bonds is 3. The average Bonchev–Trinajstić information content (AvgIpc) is 2.34. The van der Waals surface area contributed by atoms with Crippen LogP contribution < -0.4 is 0 Å². The van der Waals surface area contributed by atoms with Crippen LogP contribution in [0.3, 0.4) is 0 Å². The second-order valence-corrected chi connectivity index (χ2v) is 3.76. The molecule has 1 fully saturated rings. The summed E-state index contributed by atoms with van der Waals surface area (Å²) in [7, 11) is 1.83. The van der Waals surface area contributed by atoms with Gasteiger partial charge in [0.2, 0.25) is 0 Å². The number of urea groups is 1. The number of carbonyl (C=O) groups excluding carboxylic acids is 1. The molecule has 0 aromatic carbocycles. The smallest absolute Gasteiger partial charge is 0.320 e. The van der Waals surface area contributed by atoms with Gasteiger partial charge in [0.15, 0.2) is 0 Å². The number of hydrogen-bond donors (Lipinski definition) is 1. The highest BCUT2D eigenvalue weighted by Gasteiger charge is 2.28. The standard InChI is InChI=1S/C8H16N2OS/c1-3-4-7(12)10-6-5-9(2)8(10)11/h7,12H,3-6H2,1-2H3. The van der Waals surface area contributed by atoms with Gasteiger partial charge in [-0.15, -0.1) is 0 Å². The molecular weight excluding hydrogens is 172 g/mol. The lowest BCUT2D eigenvalue weighted by Gasteiger charge is -2.22. The first-order valence-electron chi connectivity index (χ1n) is 4.36. The zero-order valence-electron chi connectivity index (χ0n) is 7.66. The maximum absolute atomic E-state index is 11.4. The Labute approximate surface area is 79.1 Å². The van der Waals surface area contributed by atoms with Crippen LogP contribution in [-0.2, 0) is 0 Å². The Bertz CT molecular complexity index is 174. The van der Waals surface area contributed by atoms with Crippen molar-refractivity contribution < 1.29 is 4.79 Å². The molecule has 12 heavy (non-hydrogen) atoms. The number of hydrogen-bond acceptors (Lipinski definition) is 2. The first kappa shape index (κ1) is 9.71. The van der Waals surface area contributed by atoms with E-state index < -0.39 is 0 Å². The summed E-state index contributed by atoms with van der Waals surface area (Å²) in [5.41, 5.74) is 0. The predicted octanol–water partition coefficient (Wildman–Crippen LogP) is 1.41. The Hall–Kier alpha value is -0.380. The van der Waals surface area contributed by atoms with Crippen molar-refractivity contribution in [1.82, 2.24) is 9.80 Å². The van der Waals surface area contributed by atoms with E-state index in [2.05, 4.69) is 19.6 Å². The molecule has 3 nitrogen and oxygen atoms in total. The lowest BCUT2D eigenvalue weighted by atomic mass is 10.3. The first-order valence-corrected chi connectivity index (χ1v) is 4.88. The maximum Gasteiger partial charge on any atom is 0.320 e. The zero-order valence-corrected chi connectivity index (χ0v) is 8.55. The topological polar surface area (TPSA) is 23.6 Å². The monoisotopic (exact) mass is 188 g/mol. The summed E-state index contributed by atoms with van der Waals surface area (Å²) in [6.45, 7) is 3.76. The Morgan fingerprint density at radius 3 is 2.67 bits per heavy atom. The fraction of sp³-hybridized carbons (Fsp3) is 0.875. The Balaban J connectivity index is 2.47. The second kappa shape index (κ2) is 4.03. The summed E-state index contributed by atoms with van der Waals surface area (Å²) in [6.07, 6.45) is 2.05. The van der Waals surface area contributed by atoms with Gasteiger partial charge in [-0.25, -0.2) is 4.79 Å². The van der Waals surface area contributed by atoms with Gasteiger partial charge in [-0.1, -0.05) is 13.3 Å². The molecule has 0 aliphatic carbocycles. The molecule has 1 aliphatic heterocycles. The number of nitrogens with zero attached hydrogens (tertiary/aromatic N) is 2. The molecule has 70 valence electrons. The van der Waals surface area contributed by atoms with Gasteiger partial charge in [-0.3, -0.25) is 0 Å². The Kier molecular flexibility index (Phi) is 3.26. The third kappa shape index (κ3) is 1.86. The molecule has 1 rings (SSSR count). The fourth-order valence-corrected chi connectivity index (χ4v) is 1.83. The molecule has 0 spiro atoms. The van der Waals surface area contributed by atoms with Gasteiger partial charge in [-0.2, -0.15) is 12.6 Å². The van der Waals surface area contributed by atoms with E-state index in [1.165, 1.54) is 0 Å². The van der Waals surface area contributed by atoms with Gasteiger partial charge in [0.1, 0.15) is 0 Å². The van der Waals surface area contributed by atoms with Crippen LogP contribution in [0, 0.1) is 0 Å². The largest absolute Gasteiger partial charge is 0.326 e. The molecule has 0 bridgehead atoms. The molecule has 0 radical (unpaired) electrons. The van der Waals surface area contributed by atoms with Crippen LogP contribution in [0.15, 0.2) is 0 Å². The van der Waals surface area contributed by atoms with Crippen LogP contribution in [0.25, 0.3) is 0 Å². The van der Waals surface area contributed by atoms with Crippen LogP contribution in [0.4, 0.5) is 4.79 Å². The fourth-order valence-electron chi connectivity index (χ4n) is 1.36. The number of carbonyl (C=O) groups is 1. The first-order chi connectivity index (χ1) is 5.66. The zero-order chi connectivity index (χ0) is 9.14. The van der Waals surface area contributed by atoms with Gasteiger partial charge in [-0.05, 0) is 6.42 Å². The number of likely N-dealkylation sites (N-methyl/N-ethyl adjacent to an activating group) is 1. The molecule has 4 heteroatoms. The molecular formula is C8H16N2OS. The highest BCUT2D eigenvalue weighted by atomic mass is 32.1. The van der Waals surface area contributed by atoms with E-state index in [0.29, 0.717) is 0 Å². The van der Waals surface area contributed by atoms with E-state index in [1.54, 1.807) is 4.90 Å². The molecule has 0 aromatic heterocycles. The minimum Gasteiger partial charge on any atom is -0.326 e. The van der Waals surface area contributed by atoms with Crippen LogP contribution in [0.2, 0.25) is 0 Å². The average molecular weight is 188 g/mol. The van der Waals surface area contributed by atoms with Crippen LogP contribution in [0.1, 0.15) is 19.8 Å². The van der Waals surface area contributed by atoms with Crippen LogP contribution in [0.5, 0.6) is 0 Å². The Morgan fingerprint density at radius 1 is 1.58 bits per heavy atom. The van der Waals surface area contributed by atoms with E-state index >= 15 is 0 Å². The molecule has 0 N–H and O–H groups in total. The molecule has 0 saturated carbocycles. The second-order valence-electron chi connectivity index (χ2n) is 3.17. The van der Waals surface area contributed by atoms with E-state index in [4.69, 9.17) is 0 Å². The molecule has 1 aliphatic rings. The van der Waals surface area contributed by atoms with Gasteiger partial charge in [0.05, 0.1) is 5.37 Å². The predicted molar refractivity (Wildman–Crippen MR) is 52.4 cm³/mol. The van der Waals surface area contributed by atoms with E-state index in [0.717, 1.165) is 25.9 Å². The molecule has 0 aromatic rings. The van der Waals surface area contributed by atoms with E-state index in [-0.39, 0.29) is 11.4 Å². The maximum atomic E-state index is 11.4. The normalized spacial score (nSPS) is 20.4. The van der Waals surface area contributed by atoms with Crippen LogP contribution in [-0.4, -0.2) is 41.3 Å². The molecule has 1 heterocycles. The highest BCUT2D eigenvalue weighted by molar-refractivity contribution is 7.80. The number of amides is 2. The van der Waals surface area contributed by atoms with Crippen molar-refractivity contribution in [2.75, 3.05) is 20.1 Å². The quantitative estimate of drug-likeness (QED) is 0.665. The van der Waals surface area contributed by atoms with Crippen molar-refractivity contribution in [3.05, 3.63) is 0 Å².